The molecule has 1 unspecified atom stereocenters. The maximum Gasteiger partial charge on any atom is 0.232 e. The Balaban J connectivity index is 0.00000128. The normalized spacial score (nSPS) is 18.6. The van der Waals surface area contributed by atoms with Gasteiger partial charge in [0, 0.05) is 18.0 Å². The lowest BCUT2D eigenvalue weighted by atomic mass is 10.2. The number of carbonyl (C=O) groups is 1. The van der Waals surface area contributed by atoms with Gasteiger partial charge in [0.1, 0.15) is 5.25 Å². The highest BCUT2D eigenvalue weighted by atomic mass is 35.5. The van der Waals surface area contributed by atoms with Gasteiger partial charge < -0.3 is 10.6 Å². The summed E-state index contributed by atoms with van der Waals surface area (Å²) in [6, 6.07) is 8.14. The molecule has 0 aliphatic carbocycles. The molecule has 1 aromatic rings. The minimum atomic E-state index is -0.229. The zero-order chi connectivity index (χ0) is 10.8. The van der Waals surface area contributed by atoms with E-state index in [4.69, 9.17) is 5.73 Å². The number of rotatable bonds is 2. The van der Waals surface area contributed by atoms with Gasteiger partial charge in [0.15, 0.2) is 0 Å². The summed E-state index contributed by atoms with van der Waals surface area (Å²) >= 11 is 1.57. The molecule has 0 saturated heterocycles. The second-order valence-corrected chi connectivity index (χ2v) is 4.76. The number of para-hydroxylation sites is 1. The van der Waals surface area contributed by atoms with Gasteiger partial charge in [0.05, 0.1) is 5.69 Å². The molecule has 1 amide bonds. The lowest BCUT2D eigenvalue weighted by Gasteiger charge is -2.33. The fourth-order valence-electron chi connectivity index (χ4n) is 1.75. The monoisotopic (exact) mass is 258 g/mol. The molecule has 0 saturated carbocycles. The highest BCUT2D eigenvalue weighted by molar-refractivity contribution is 8.00. The van der Waals surface area contributed by atoms with Gasteiger partial charge in [-0.05, 0) is 19.1 Å². The Kier molecular flexibility index (Phi) is 4.50. The van der Waals surface area contributed by atoms with Gasteiger partial charge in [0.2, 0.25) is 5.91 Å². The van der Waals surface area contributed by atoms with Gasteiger partial charge in [0.25, 0.3) is 0 Å². The van der Waals surface area contributed by atoms with Gasteiger partial charge in [-0.1, -0.05) is 12.1 Å². The van der Waals surface area contributed by atoms with E-state index in [0.717, 1.165) is 11.4 Å². The highest BCUT2D eigenvalue weighted by Crippen LogP contribution is 2.37. The van der Waals surface area contributed by atoms with Crippen molar-refractivity contribution in [2.24, 2.45) is 5.73 Å². The summed E-state index contributed by atoms with van der Waals surface area (Å²) in [6.45, 7) is 3.71. The molecule has 2 rings (SSSR count). The lowest BCUT2D eigenvalue weighted by Crippen LogP contribution is -2.41. The summed E-state index contributed by atoms with van der Waals surface area (Å²) in [4.78, 5) is 14.5. The first kappa shape index (κ1) is 13.2. The molecule has 2 N–H and O–H groups in total. The van der Waals surface area contributed by atoms with Crippen LogP contribution in [0.3, 0.4) is 0 Å². The largest absolute Gasteiger partial charge is 0.369 e. The summed E-state index contributed by atoms with van der Waals surface area (Å²) in [7, 11) is 0. The third-order valence-electron chi connectivity index (χ3n) is 2.56. The van der Waals surface area contributed by atoms with Crippen LogP contribution in [0.15, 0.2) is 29.2 Å². The van der Waals surface area contributed by atoms with Crippen LogP contribution in [0.25, 0.3) is 0 Å². The number of fused-ring (bicyclic) bond motifs is 1. The van der Waals surface area contributed by atoms with E-state index >= 15 is 0 Å². The summed E-state index contributed by atoms with van der Waals surface area (Å²) in [5.74, 6) is -0.229. The number of benzene rings is 1. The number of hydrogen-bond donors (Lipinski definition) is 1. The van der Waals surface area contributed by atoms with Crippen molar-refractivity contribution in [3.63, 3.8) is 0 Å². The number of primary amides is 1. The molecule has 88 valence electrons. The zero-order valence-corrected chi connectivity index (χ0v) is 10.7. The van der Waals surface area contributed by atoms with Crippen LogP contribution in [0.1, 0.15) is 6.92 Å². The van der Waals surface area contributed by atoms with Crippen molar-refractivity contribution in [3.8, 4) is 0 Å². The minimum absolute atomic E-state index is 0. The topological polar surface area (TPSA) is 46.3 Å². The molecule has 0 aromatic heterocycles. The van der Waals surface area contributed by atoms with E-state index in [0.29, 0.717) is 6.54 Å². The quantitative estimate of drug-likeness (QED) is 0.881. The smallest absolute Gasteiger partial charge is 0.232 e. The SMILES string of the molecule is CCN1CC(C(N)=O)Sc2ccccc21.Cl. The number of nitrogens with two attached hydrogens (primary N) is 1. The number of anilines is 1. The molecule has 0 spiro atoms. The minimum Gasteiger partial charge on any atom is -0.369 e. The number of amides is 1. The molecule has 0 fully saturated rings. The molecule has 1 aliphatic heterocycles. The van der Waals surface area contributed by atoms with Crippen molar-refractivity contribution >= 4 is 35.8 Å². The van der Waals surface area contributed by atoms with Crippen molar-refractivity contribution in [1.82, 2.24) is 0 Å². The van der Waals surface area contributed by atoms with E-state index < -0.39 is 0 Å². The third kappa shape index (κ3) is 2.44. The van der Waals surface area contributed by atoms with Crippen LogP contribution in [0.5, 0.6) is 0 Å². The molecule has 1 heterocycles. The number of carbonyl (C=O) groups excluding carboxylic acids is 1. The Bertz CT molecular complexity index is 386. The average Bonchev–Trinajstić information content (AvgIpc) is 2.27. The Morgan fingerprint density at radius 3 is 2.88 bits per heavy atom. The van der Waals surface area contributed by atoms with Crippen LogP contribution >= 0.6 is 24.2 Å². The van der Waals surface area contributed by atoms with E-state index in [-0.39, 0.29) is 23.6 Å². The van der Waals surface area contributed by atoms with E-state index in [2.05, 4.69) is 17.9 Å². The second-order valence-electron chi connectivity index (χ2n) is 3.52. The molecule has 1 aromatic carbocycles. The summed E-state index contributed by atoms with van der Waals surface area (Å²) < 4.78 is 0. The first-order valence-electron chi connectivity index (χ1n) is 5.02. The van der Waals surface area contributed by atoms with Crippen LogP contribution < -0.4 is 10.6 Å². The molecule has 1 aliphatic rings. The summed E-state index contributed by atoms with van der Waals surface area (Å²) in [6.07, 6.45) is 0. The fourth-order valence-corrected chi connectivity index (χ4v) is 2.91. The van der Waals surface area contributed by atoms with E-state index in [9.17, 15) is 4.79 Å². The van der Waals surface area contributed by atoms with Gasteiger partial charge in [-0.15, -0.1) is 24.2 Å². The lowest BCUT2D eigenvalue weighted by molar-refractivity contribution is -0.117. The standard InChI is InChI=1S/C11H14N2OS.ClH/c1-2-13-7-10(11(12)14)15-9-6-4-3-5-8(9)13;/h3-6,10H,2,7H2,1H3,(H2,12,14);1H. The molecule has 16 heavy (non-hydrogen) atoms. The van der Waals surface area contributed by atoms with Crippen LogP contribution in [-0.4, -0.2) is 24.2 Å². The fraction of sp³-hybridized carbons (Fsp3) is 0.364. The molecule has 1 atom stereocenters. The van der Waals surface area contributed by atoms with Gasteiger partial charge >= 0.3 is 0 Å². The Labute approximate surface area is 106 Å². The summed E-state index contributed by atoms with van der Waals surface area (Å²) in [5, 5.41) is -0.125. The molecule has 0 radical (unpaired) electrons. The molecular weight excluding hydrogens is 244 g/mol. The third-order valence-corrected chi connectivity index (χ3v) is 3.83. The van der Waals surface area contributed by atoms with E-state index in [1.165, 1.54) is 5.69 Å². The van der Waals surface area contributed by atoms with Crippen molar-refractivity contribution in [3.05, 3.63) is 24.3 Å². The van der Waals surface area contributed by atoms with Crippen molar-refractivity contribution in [2.45, 2.75) is 17.1 Å². The van der Waals surface area contributed by atoms with Crippen molar-refractivity contribution in [1.29, 1.82) is 0 Å². The van der Waals surface area contributed by atoms with Crippen LogP contribution in [-0.2, 0) is 4.79 Å². The molecule has 0 bridgehead atoms. The van der Waals surface area contributed by atoms with E-state index in [1.54, 1.807) is 11.8 Å². The molecular formula is C11H15ClN2OS. The number of nitrogens with zero attached hydrogens (tertiary/aromatic N) is 1. The van der Waals surface area contributed by atoms with Crippen molar-refractivity contribution in [2.75, 3.05) is 18.0 Å². The maximum absolute atomic E-state index is 11.2. The first-order valence-corrected chi connectivity index (χ1v) is 5.90. The van der Waals surface area contributed by atoms with Crippen LogP contribution in [0.2, 0.25) is 0 Å². The first-order chi connectivity index (χ1) is 7.22. The van der Waals surface area contributed by atoms with Crippen LogP contribution in [0.4, 0.5) is 5.69 Å². The number of halogens is 1. The Hall–Kier alpha value is -0.870. The van der Waals surface area contributed by atoms with Crippen LogP contribution in [0, 0.1) is 0 Å². The van der Waals surface area contributed by atoms with Crippen molar-refractivity contribution < 1.29 is 4.79 Å². The van der Waals surface area contributed by atoms with Gasteiger partial charge in [-0.3, -0.25) is 4.79 Å². The highest BCUT2D eigenvalue weighted by Gasteiger charge is 2.27. The molecule has 5 heteroatoms. The predicted octanol–water partition coefficient (Wildman–Crippen LogP) is 1.89. The van der Waals surface area contributed by atoms with Gasteiger partial charge in [-0.25, -0.2) is 0 Å². The predicted molar refractivity (Wildman–Crippen MR) is 70.4 cm³/mol. The maximum atomic E-state index is 11.2. The number of thioether (sulfide) groups is 1. The second kappa shape index (κ2) is 5.46. The molecule has 3 nitrogen and oxygen atoms in total. The van der Waals surface area contributed by atoms with E-state index in [1.807, 2.05) is 18.2 Å². The number of hydrogen-bond acceptors (Lipinski definition) is 3. The Morgan fingerprint density at radius 1 is 1.56 bits per heavy atom. The summed E-state index contributed by atoms with van der Waals surface area (Å²) in [5.41, 5.74) is 6.57. The average molecular weight is 259 g/mol. The van der Waals surface area contributed by atoms with Gasteiger partial charge in [-0.2, -0.15) is 0 Å². The zero-order valence-electron chi connectivity index (χ0n) is 9.05. The Morgan fingerprint density at radius 2 is 2.25 bits per heavy atom.